The molecular formula is C7H11N. The summed E-state index contributed by atoms with van der Waals surface area (Å²) in [5.41, 5.74) is 9.72. The SMILES string of the molecule is C=C=C1CCC[C@@H]1N. The molecule has 0 saturated heterocycles. The van der Waals surface area contributed by atoms with E-state index in [0.29, 0.717) is 0 Å². The van der Waals surface area contributed by atoms with Crippen LogP contribution in [0.4, 0.5) is 0 Å². The average Bonchev–Trinajstić information content (AvgIpc) is 2.14. The number of rotatable bonds is 0. The lowest BCUT2D eigenvalue weighted by Gasteiger charge is -1.97. The molecule has 1 nitrogen and oxygen atoms in total. The van der Waals surface area contributed by atoms with Crippen LogP contribution in [0.1, 0.15) is 19.3 Å². The maximum absolute atomic E-state index is 5.65. The predicted octanol–water partition coefficient (Wildman–Crippen LogP) is 1.21. The Bertz CT molecular complexity index is 131. The van der Waals surface area contributed by atoms with Crippen molar-refractivity contribution >= 4 is 0 Å². The smallest absolute Gasteiger partial charge is 0.0329 e. The van der Waals surface area contributed by atoms with Crippen LogP contribution in [-0.4, -0.2) is 6.04 Å². The second-order valence-corrected chi connectivity index (χ2v) is 2.20. The minimum Gasteiger partial charge on any atom is -0.324 e. The first-order valence-electron chi connectivity index (χ1n) is 2.99. The third-order valence-corrected chi connectivity index (χ3v) is 1.64. The maximum Gasteiger partial charge on any atom is 0.0329 e. The van der Waals surface area contributed by atoms with Crippen LogP contribution < -0.4 is 5.73 Å². The number of hydrogen-bond acceptors (Lipinski definition) is 1. The van der Waals surface area contributed by atoms with Gasteiger partial charge in [-0.25, -0.2) is 0 Å². The summed E-state index contributed by atoms with van der Waals surface area (Å²) in [6, 6.07) is 0.271. The first-order chi connectivity index (χ1) is 3.84. The Balaban J connectivity index is 2.68. The lowest BCUT2D eigenvalue weighted by atomic mass is 10.2. The molecule has 1 aliphatic carbocycles. The molecule has 8 heavy (non-hydrogen) atoms. The summed E-state index contributed by atoms with van der Waals surface area (Å²) >= 11 is 0. The summed E-state index contributed by atoms with van der Waals surface area (Å²) < 4.78 is 0. The summed E-state index contributed by atoms with van der Waals surface area (Å²) in [5, 5.41) is 0. The quantitative estimate of drug-likeness (QED) is 0.465. The van der Waals surface area contributed by atoms with Gasteiger partial charge in [0.15, 0.2) is 0 Å². The van der Waals surface area contributed by atoms with Crippen molar-refractivity contribution in [1.82, 2.24) is 0 Å². The molecule has 2 N–H and O–H groups in total. The van der Waals surface area contributed by atoms with E-state index < -0.39 is 0 Å². The van der Waals surface area contributed by atoms with Crippen LogP contribution in [0.5, 0.6) is 0 Å². The highest BCUT2D eigenvalue weighted by atomic mass is 14.6. The fourth-order valence-electron chi connectivity index (χ4n) is 1.09. The highest BCUT2D eigenvalue weighted by Gasteiger charge is 2.14. The molecule has 1 rings (SSSR count). The molecule has 0 aromatic carbocycles. The topological polar surface area (TPSA) is 26.0 Å². The first kappa shape index (κ1) is 5.61. The zero-order valence-corrected chi connectivity index (χ0v) is 4.98. The molecule has 1 saturated carbocycles. The molecule has 44 valence electrons. The lowest BCUT2D eigenvalue weighted by Crippen LogP contribution is -2.15. The van der Waals surface area contributed by atoms with Crippen molar-refractivity contribution < 1.29 is 0 Å². The van der Waals surface area contributed by atoms with Gasteiger partial charge >= 0.3 is 0 Å². The third kappa shape index (κ3) is 0.835. The fourth-order valence-corrected chi connectivity index (χ4v) is 1.09. The highest BCUT2D eigenvalue weighted by molar-refractivity contribution is 5.11. The summed E-state index contributed by atoms with van der Waals surface area (Å²) in [5.74, 6) is 0. The van der Waals surface area contributed by atoms with E-state index in [-0.39, 0.29) is 6.04 Å². The minimum atomic E-state index is 0.271. The van der Waals surface area contributed by atoms with Crippen molar-refractivity contribution in [3.8, 4) is 0 Å². The second kappa shape index (κ2) is 2.17. The van der Waals surface area contributed by atoms with Crippen LogP contribution in [0.15, 0.2) is 17.9 Å². The molecule has 0 spiro atoms. The van der Waals surface area contributed by atoms with Crippen molar-refractivity contribution in [2.24, 2.45) is 5.73 Å². The largest absolute Gasteiger partial charge is 0.324 e. The zero-order chi connectivity index (χ0) is 5.98. The molecule has 0 heterocycles. The molecular weight excluding hydrogens is 98.1 g/mol. The molecule has 0 aliphatic heterocycles. The summed E-state index contributed by atoms with van der Waals surface area (Å²) in [4.78, 5) is 0. The molecule has 1 heteroatoms. The van der Waals surface area contributed by atoms with Crippen molar-refractivity contribution in [3.63, 3.8) is 0 Å². The van der Waals surface area contributed by atoms with Gasteiger partial charge in [0.05, 0.1) is 0 Å². The van der Waals surface area contributed by atoms with Crippen molar-refractivity contribution in [1.29, 1.82) is 0 Å². The molecule has 0 bridgehead atoms. The van der Waals surface area contributed by atoms with E-state index in [1.165, 1.54) is 12.0 Å². The third-order valence-electron chi connectivity index (χ3n) is 1.64. The van der Waals surface area contributed by atoms with E-state index >= 15 is 0 Å². The van der Waals surface area contributed by atoms with Gasteiger partial charge in [-0.2, -0.15) is 0 Å². The summed E-state index contributed by atoms with van der Waals surface area (Å²) in [7, 11) is 0. The Morgan fingerprint density at radius 3 is 2.75 bits per heavy atom. The highest BCUT2D eigenvalue weighted by Crippen LogP contribution is 2.20. The number of nitrogens with two attached hydrogens (primary N) is 1. The molecule has 0 unspecified atom stereocenters. The lowest BCUT2D eigenvalue weighted by molar-refractivity contribution is 0.774. The van der Waals surface area contributed by atoms with E-state index in [9.17, 15) is 0 Å². The summed E-state index contributed by atoms with van der Waals surface area (Å²) in [6.07, 6.45) is 3.46. The monoisotopic (exact) mass is 109 g/mol. The Hall–Kier alpha value is -0.520. The van der Waals surface area contributed by atoms with Crippen LogP contribution in [0.3, 0.4) is 0 Å². The van der Waals surface area contributed by atoms with Gasteiger partial charge in [-0.3, -0.25) is 0 Å². The molecule has 0 aromatic heterocycles. The predicted molar refractivity (Wildman–Crippen MR) is 34.5 cm³/mol. The minimum absolute atomic E-state index is 0.271. The second-order valence-electron chi connectivity index (χ2n) is 2.20. The van der Waals surface area contributed by atoms with Crippen LogP contribution in [0.2, 0.25) is 0 Å². The van der Waals surface area contributed by atoms with E-state index in [2.05, 4.69) is 12.3 Å². The van der Waals surface area contributed by atoms with Gasteiger partial charge in [0, 0.05) is 6.04 Å². The average molecular weight is 109 g/mol. The molecule has 0 radical (unpaired) electrons. The zero-order valence-electron chi connectivity index (χ0n) is 4.98. The van der Waals surface area contributed by atoms with Crippen LogP contribution in [0.25, 0.3) is 0 Å². The first-order valence-corrected chi connectivity index (χ1v) is 2.99. The maximum atomic E-state index is 5.65. The molecule has 0 aromatic rings. The summed E-state index contributed by atoms with van der Waals surface area (Å²) in [6.45, 7) is 3.55. The van der Waals surface area contributed by atoms with Gasteiger partial charge in [0.1, 0.15) is 0 Å². The fraction of sp³-hybridized carbons (Fsp3) is 0.571. The number of hydrogen-bond donors (Lipinski definition) is 1. The van der Waals surface area contributed by atoms with E-state index in [1.54, 1.807) is 0 Å². The van der Waals surface area contributed by atoms with Crippen LogP contribution >= 0.6 is 0 Å². The van der Waals surface area contributed by atoms with Gasteiger partial charge in [0.2, 0.25) is 0 Å². The van der Waals surface area contributed by atoms with E-state index in [0.717, 1.165) is 12.8 Å². The Morgan fingerprint density at radius 2 is 2.50 bits per heavy atom. The van der Waals surface area contributed by atoms with Gasteiger partial charge in [0.25, 0.3) is 0 Å². The van der Waals surface area contributed by atoms with Crippen molar-refractivity contribution in [2.75, 3.05) is 0 Å². The van der Waals surface area contributed by atoms with Crippen molar-refractivity contribution in [3.05, 3.63) is 17.9 Å². The van der Waals surface area contributed by atoms with Crippen molar-refractivity contribution in [2.45, 2.75) is 25.3 Å². The van der Waals surface area contributed by atoms with E-state index in [4.69, 9.17) is 5.73 Å². The molecule has 1 fully saturated rings. The molecule has 1 atom stereocenters. The normalized spacial score (nSPS) is 28.1. The van der Waals surface area contributed by atoms with Gasteiger partial charge in [-0.15, -0.1) is 5.73 Å². The molecule has 0 amide bonds. The van der Waals surface area contributed by atoms with Gasteiger partial charge in [-0.1, -0.05) is 6.58 Å². The Labute approximate surface area is 49.9 Å². The van der Waals surface area contributed by atoms with Gasteiger partial charge in [-0.05, 0) is 24.8 Å². The van der Waals surface area contributed by atoms with Gasteiger partial charge < -0.3 is 5.73 Å². The molecule has 1 aliphatic rings. The van der Waals surface area contributed by atoms with Crippen LogP contribution in [0, 0.1) is 0 Å². The standard InChI is InChI=1S/C7H11N/c1-2-6-4-3-5-7(6)8/h7H,1,3-5,8H2/t7-/m0/s1. The Kier molecular flexibility index (Phi) is 1.52. The Morgan fingerprint density at radius 1 is 1.75 bits per heavy atom. The van der Waals surface area contributed by atoms with Crippen LogP contribution in [-0.2, 0) is 0 Å². The van der Waals surface area contributed by atoms with E-state index in [1.807, 2.05) is 0 Å².